The van der Waals surface area contributed by atoms with E-state index in [9.17, 15) is 18.0 Å². The Labute approximate surface area is 169 Å². The Hall–Kier alpha value is -3.07. The molecule has 2 amide bonds. The van der Waals surface area contributed by atoms with E-state index in [0.29, 0.717) is 36.4 Å². The normalized spacial score (nSPS) is 13.4. The van der Waals surface area contributed by atoms with Gasteiger partial charge < -0.3 is 15.0 Å². The van der Waals surface area contributed by atoms with Gasteiger partial charge in [-0.3, -0.25) is 9.52 Å². The highest BCUT2D eigenvalue weighted by molar-refractivity contribution is 7.92. The molecule has 2 aromatic carbocycles. The standard InChI is InChI=1S/C20H23N3O5S/c1-13-10-17(21-14(2)24)6-7-19(13)29(26,27)22-18-5-4-15-8-9-23(20(25)28-3)12-16(15)11-18/h4-7,10-11,22H,8-9,12H2,1-3H3,(H,21,24). The molecule has 0 bridgehead atoms. The second-order valence-corrected chi connectivity index (χ2v) is 8.54. The van der Waals surface area contributed by atoms with Crippen LogP contribution in [0.15, 0.2) is 41.3 Å². The Balaban J connectivity index is 1.83. The Morgan fingerprint density at radius 3 is 2.45 bits per heavy atom. The molecule has 0 aliphatic carbocycles. The summed E-state index contributed by atoms with van der Waals surface area (Å²) in [6, 6.07) is 9.93. The van der Waals surface area contributed by atoms with Crippen LogP contribution in [0, 0.1) is 6.92 Å². The van der Waals surface area contributed by atoms with E-state index >= 15 is 0 Å². The summed E-state index contributed by atoms with van der Waals surface area (Å²) < 4.78 is 33.1. The monoisotopic (exact) mass is 417 g/mol. The predicted octanol–water partition coefficient (Wildman–Crippen LogP) is 2.88. The van der Waals surface area contributed by atoms with E-state index in [4.69, 9.17) is 4.74 Å². The number of rotatable bonds is 4. The van der Waals surface area contributed by atoms with Crippen molar-refractivity contribution in [2.24, 2.45) is 0 Å². The first-order chi connectivity index (χ1) is 13.7. The summed E-state index contributed by atoms with van der Waals surface area (Å²) >= 11 is 0. The average Bonchev–Trinajstić information content (AvgIpc) is 2.65. The first-order valence-electron chi connectivity index (χ1n) is 9.05. The maximum absolute atomic E-state index is 12.9. The van der Waals surface area contributed by atoms with Crippen molar-refractivity contribution in [2.45, 2.75) is 31.7 Å². The zero-order valence-electron chi connectivity index (χ0n) is 16.5. The Morgan fingerprint density at radius 2 is 1.79 bits per heavy atom. The molecule has 8 nitrogen and oxygen atoms in total. The number of aryl methyl sites for hydroxylation is 1. The van der Waals surface area contributed by atoms with E-state index in [-0.39, 0.29) is 10.8 Å². The maximum atomic E-state index is 12.9. The van der Waals surface area contributed by atoms with Gasteiger partial charge in [-0.1, -0.05) is 6.07 Å². The van der Waals surface area contributed by atoms with Crippen molar-refractivity contribution in [1.29, 1.82) is 0 Å². The molecule has 1 heterocycles. The Bertz CT molecular complexity index is 1070. The molecule has 2 aromatic rings. The summed E-state index contributed by atoms with van der Waals surface area (Å²) in [7, 11) is -2.48. The quantitative estimate of drug-likeness (QED) is 0.796. The van der Waals surface area contributed by atoms with Crippen LogP contribution in [0.2, 0.25) is 0 Å². The fourth-order valence-corrected chi connectivity index (χ4v) is 4.62. The van der Waals surface area contributed by atoms with E-state index in [2.05, 4.69) is 10.0 Å². The molecule has 1 aliphatic heterocycles. The molecular weight excluding hydrogens is 394 g/mol. The summed E-state index contributed by atoms with van der Waals surface area (Å²) in [5, 5.41) is 2.63. The van der Waals surface area contributed by atoms with Gasteiger partial charge in [-0.2, -0.15) is 0 Å². The summed E-state index contributed by atoms with van der Waals surface area (Å²) in [5.74, 6) is -0.229. The number of carbonyl (C=O) groups excluding carboxylic acids is 2. The number of nitrogens with zero attached hydrogens (tertiary/aromatic N) is 1. The molecular formula is C20H23N3O5S. The number of anilines is 2. The predicted molar refractivity (Wildman–Crippen MR) is 109 cm³/mol. The van der Waals surface area contributed by atoms with Crippen LogP contribution in [-0.4, -0.2) is 39.0 Å². The van der Waals surface area contributed by atoms with Crippen molar-refractivity contribution in [3.63, 3.8) is 0 Å². The van der Waals surface area contributed by atoms with Crippen LogP contribution < -0.4 is 10.0 Å². The molecule has 0 saturated carbocycles. The molecule has 9 heteroatoms. The largest absolute Gasteiger partial charge is 0.453 e. The fraction of sp³-hybridized carbons (Fsp3) is 0.300. The van der Waals surface area contributed by atoms with Gasteiger partial charge in [-0.15, -0.1) is 0 Å². The van der Waals surface area contributed by atoms with Gasteiger partial charge in [0.15, 0.2) is 0 Å². The van der Waals surface area contributed by atoms with Gasteiger partial charge in [0, 0.05) is 31.4 Å². The number of carbonyl (C=O) groups is 2. The molecule has 0 radical (unpaired) electrons. The SMILES string of the molecule is COC(=O)N1CCc2ccc(NS(=O)(=O)c3ccc(NC(C)=O)cc3C)cc2C1. The van der Waals surface area contributed by atoms with Gasteiger partial charge in [0.2, 0.25) is 5.91 Å². The van der Waals surface area contributed by atoms with Crippen molar-refractivity contribution >= 4 is 33.4 Å². The molecule has 0 fully saturated rings. The van der Waals surface area contributed by atoms with Gasteiger partial charge in [0.1, 0.15) is 0 Å². The number of hydrogen-bond donors (Lipinski definition) is 2. The molecule has 0 spiro atoms. The van der Waals surface area contributed by atoms with Crippen molar-refractivity contribution in [3.8, 4) is 0 Å². The lowest BCUT2D eigenvalue weighted by Gasteiger charge is -2.28. The number of nitrogens with one attached hydrogen (secondary N) is 2. The third-order valence-corrected chi connectivity index (χ3v) is 6.23. The van der Waals surface area contributed by atoms with Gasteiger partial charge in [-0.05, 0) is 60.4 Å². The van der Waals surface area contributed by atoms with Crippen LogP contribution in [0.3, 0.4) is 0 Å². The van der Waals surface area contributed by atoms with Gasteiger partial charge >= 0.3 is 6.09 Å². The lowest BCUT2D eigenvalue weighted by molar-refractivity contribution is -0.114. The molecule has 2 N–H and O–H groups in total. The highest BCUT2D eigenvalue weighted by Crippen LogP contribution is 2.26. The molecule has 29 heavy (non-hydrogen) atoms. The fourth-order valence-electron chi connectivity index (χ4n) is 3.35. The van der Waals surface area contributed by atoms with E-state index in [1.54, 1.807) is 36.1 Å². The zero-order valence-corrected chi connectivity index (χ0v) is 17.3. The number of methoxy groups -OCH3 is 1. The zero-order chi connectivity index (χ0) is 21.2. The Kier molecular flexibility index (Phi) is 5.78. The van der Waals surface area contributed by atoms with E-state index < -0.39 is 16.1 Å². The van der Waals surface area contributed by atoms with Crippen LogP contribution in [0.25, 0.3) is 0 Å². The van der Waals surface area contributed by atoms with Crippen molar-refractivity contribution in [3.05, 3.63) is 53.1 Å². The lowest BCUT2D eigenvalue weighted by atomic mass is 9.99. The first-order valence-corrected chi connectivity index (χ1v) is 10.5. The highest BCUT2D eigenvalue weighted by Gasteiger charge is 2.23. The van der Waals surface area contributed by atoms with Gasteiger partial charge in [0.25, 0.3) is 10.0 Å². The minimum Gasteiger partial charge on any atom is -0.453 e. The summed E-state index contributed by atoms with van der Waals surface area (Å²) in [4.78, 5) is 24.6. The number of ether oxygens (including phenoxy) is 1. The number of amides is 2. The average molecular weight is 417 g/mol. The smallest absolute Gasteiger partial charge is 0.409 e. The maximum Gasteiger partial charge on any atom is 0.409 e. The van der Waals surface area contributed by atoms with Crippen molar-refractivity contribution in [2.75, 3.05) is 23.7 Å². The molecule has 154 valence electrons. The lowest BCUT2D eigenvalue weighted by Crippen LogP contribution is -2.35. The van der Waals surface area contributed by atoms with Crippen LogP contribution >= 0.6 is 0 Å². The van der Waals surface area contributed by atoms with E-state index in [1.807, 2.05) is 6.07 Å². The van der Waals surface area contributed by atoms with E-state index in [1.165, 1.54) is 20.1 Å². The third-order valence-electron chi connectivity index (χ3n) is 4.69. The minimum atomic E-state index is -3.82. The number of fused-ring (bicyclic) bond motifs is 1. The summed E-state index contributed by atoms with van der Waals surface area (Å²) in [5.41, 5.74) is 3.41. The number of sulfonamides is 1. The van der Waals surface area contributed by atoms with Crippen molar-refractivity contribution < 1.29 is 22.7 Å². The van der Waals surface area contributed by atoms with Crippen LogP contribution in [-0.2, 0) is 32.5 Å². The third kappa shape index (κ3) is 4.68. The molecule has 0 atom stereocenters. The topological polar surface area (TPSA) is 105 Å². The van der Waals surface area contributed by atoms with Crippen molar-refractivity contribution in [1.82, 2.24) is 4.90 Å². The minimum absolute atomic E-state index is 0.125. The summed E-state index contributed by atoms with van der Waals surface area (Å²) in [6.45, 7) is 3.98. The second-order valence-electron chi connectivity index (χ2n) is 6.89. The van der Waals surface area contributed by atoms with Crippen LogP contribution in [0.4, 0.5) is 16.2 Å². The molecule has 0 unspecified atom stereocenters. The molecule has 0 saturated heterocycles. The number of hydrogen-bond acceptors (Lipinski definition) is 5. The summed E-state index contributed by atoms with van der Waals surface area (Å²) in [6.07, 6.45) is 0.276. The van der Waals surface area contributed by atoms with Crippen LogP contribution in [0.5, 0.6) is 0 Å². The molecule has 3 rings (SSSR count). The van der Waals surface area contributed by atoms with Crippen LogP contribution in [0.1, 0.15) is 23.6 Å². The second kappa shape index (κ2) is 8.12. The highest BCUT2D eigenvalue weighted by atomic mass is 32.2. The first kappa shape index (κ1) is 20.7. The molecule has 1 aliphatic rings. The Morgan fingerprint density at radius 1 is 1.07 bits per heavy atom. The van der Waals surface area contributed by atoms with Gasteiger partial charge in [-0.25, -0.2) is 13.2 Å². The van der Waals surface area contributed by atoms with Gasteiger partial charge in [0.05, 0.1) is 12.0 Å². The van der Waals surface area contributed by atoms with E-state index in [0.717, 1.165) is 11.1 Å². The number of benzene rings is 2. The molecule has 0 aromatic heterocycles.